The summed E-state index contributed by atoms with van der Waals surface area (Å²) in [4.78, 5) is 11.7. The van der Waals surface area contributed by atoms with Crippen molar-refractivity contribution in [3.05, 3.63) is 29.8 Å². The van der Waals surface area contributed by atoms with Crippen LogP contribution in [0, 0.1) is 0 Å². The van der Waals surface area contributed by atoms with Gasteiger partial charge in [0, 0.05) is 12.1 Å². The molecule has 0 aliphatic heterocycles. The van der Waals surface area contributed by atoms with Crippen molar-refractivity contribution in [2.24, 2.45) is 0 Å². The van der Waals surface area contributed by atoms with E-state index in [2.05, 4.69) is 31.3 Å². The van der Waals surface area contributed by atoms with Gasteiger partial charge in [-0.1, -0.05) is 51.7 Å². The summed E-state index contributed by atoms with van der Waals surface area (Å²) in [6.07, 6.45) is 7.57. The maximum absolute atomic E-state index is 11.7. The Morgan fingerprint density at radius 2 is 1.89 bits per heavy atom. The monoisotopic (exact) mass is 247 g/mol. The molecule has 1 aromatic carbocycles. The quantitative estimate of drug-likeness (QED) is 0.671. The summed E-state index contributed by atoms with van der Waals surface area (Å²) in [5, 5.41) is 2.97. The third kappa shape index (κ3) is 5.85. The van der Waals surface area contributed by atoms with Crippen LogP contribution < -0.4 is 5.32 Å². The molecule has 0 fully saturated rings. The zero-order valence-electron chi connectivity index (χ0n) is 11.7. The maximum atomic E-state index is 11.7. The van der Waals surface area contributed by atoms with E-state index in [-0.39, 0.29) is 5.91 Å². The van der Waals surface area contributed by atoms with Gasteiger partial charge in [-0.15, -0.1) is 0 Å². The lowest BCUT2D eigenvalue weighted by molar-refractivity contribution is -0.116. The molecule has 18 heavy (non-hydrogen) atoms. The van der Waals surface area contributed by atoms with Gasteiger partial charge in [-0.25, -0.2) is 0 Å². The Hall–Kier alpha value is -1.31. The minimum Gasteiger partial charge on any atom is -0.326 e. The molecule has 0 saturated heterocycles. The van der Waals surface area contributed by atoms with Crippen molar-refractivity contribution in [3.8, 4) is 0 Å². The molecule has 0 aromatic heterocycles. The number of carbonyl (C=O) groups is 1. The first-order valence-corrected chi connectivity index (χ1v) is 7.15. The summed E-state index contributed by atoms with van der Waals surface area (Å²) >= 11 is 0. The van der Waals surface area contributed by atoms with Gasteiger partial charge in [0.05, 0.1) is 0 Å². The van der Waals surface area contributed by atoms with Crippen molar-refractivity contribution in [3.63, 3.8) is 0 Å². The summed E-state index contributed by atoms with van der Waals surface area (Å²) in [6.45, 7) is 4.32. The van der Waals surface area contributed by atoms with Crippen LogP contribution in [0.25, 0.3) is 0 Å². The number of hydrogen-bond donors (Lipinski definition) is 1. The van der Waals surface area contributed by atoms with E-state index in [4.69, 9.17) is 0 Å². The number of amides is 1. The number of unbranched alkanes of at least 4 members (excludes halogenated alkanes) is 4. The molecule has 0 atom stereocenters. The van der Waals surface area contributed by atoms with Crippen molar-refractivity contribution >= 4 is 11.6 Å². The molecular formula is C16H25NO. The van der Waals surface area contributed by atoms with Crippen LogP contribution in [0.4, 0.5) is 5.69 Å². The first-order valence-electron chi connectivity index (χ1n) is 7.15. The van der Waals surface area contributed by atoms with Crippen molar-refractivity contribution in [1.82, 2.24) is 0 Å². The Morgan fingerprint density at radius 1 is 1.11 bits per heavy atom. The highest BCUT2D eigenvalue weighted by atomic mass is 16.1. The number of anilines is 1. The highest BCUT2D eigenvalue weighted by molar-refractivity contribution is 5.90. The van der Waals surface area contributed by atoms with Gasteiger partial charge in [0.25, 0.3) is 0 Å². The molecule has 1 rings (SSSR count). The summed E-state index contributed by atoms with van der Waals surface area (Å²) in [6, 6.07) is 8.08. The molecule has 0 saturated carbocycles. The van der Waals surface area contributed by atoms with Gasteiger partial charge in [0.15, 0.2) is 0 Å². The van der Waals surface area contributed by atoms with Crippen molar-refractivity contribution in [1.29, 1.82) is 0 Å². The largest absolute Gasteiger partial charge is 0.326 e. The minimum atomic E-state index is 0.139. The van der Waals surface area contributed by atoms with E-state index in [9.17, 15) is 4.79 Å². The number of carbonyl (C=O) groups excluding carboxylic acids is 1. The van der Waals surface area contributed by atoms with Gasteiger partial charge >= 0.3 is 0 Å². The van der Waals surface area contributed by atoms with E-state index in [0.29, 0.717) is 6.42 Å². The van der Waals surface area contributed by atoms with Gasteiger partial charge in [0.2, 0.25) is 5.91 Å². The van der Waals surface area contributed by atoms with Crippen LogP contribution in [0.15, 0.2) is 24.3 Å². The SMILES string of the molecule is CCCCCCCC(=O)Nc1cccc(CC)c1. The van der Waals surface area contributed by atoms with Crippen molar-refractivity contribution < 1.29 is 4.79 Å². The van der Waals surface area contributed by atoms with Crippen molar-refractivity contribution in [2.75, 3.05) is 5.32 Å². The molecule has 1 amide bonds. The molecule has 0 aliphatic carbocycles. The second-order valence-electron chi connectivity index (χ2n) is 4.77. The molecule has 0 spiro atoms. The fourth-order valence-corrected chi connectivity index (χ4v) is 1.98. The van der Waals surface area contributed by atoms with Gasteiger partial charge in [-0.05, 0) is 30.5 Å². The minimum absolute atomic E-state index is 0.139. The van der Waals surface area contributed by atoms with Crippen LogP contribution in [0.5, 0.6) is 0 Å². The summed E-state index contributed by atoms with van der Waals surface area (Å²) in [5.74, 6) is 0.139. The molecule has 0 bridgehead atoms. The first-order chi connectivity index (χ1) is 8.76. The van der Waals surface area contributed by atoms with E-state index >= 15 is 0 Å². The van der Waals surface area contributed by atoms with Crippen LogP contribution in [0.2, 0.25) is 0 Å². The van der Waals surface area contributed by atoms with E-state index < -0.39 is 0 Å². The predicted octanol–water partition coefficient (Wildman–Crippen LogP) is 4.55. The van der Waals surface area contributed by atoms with E-state index in [1.165, 1.54) is 24.8 Å². The zero-order chi connectivity index (χ0) is 13.2. The normalized spacial score (nSPS) is 10.3. The smallest absolute Gasteiger partial charge is 0.224 e. The topological polar surface area (TPSA) is 29.1 Å². The van der Waals surface area contributed by atoms with Gasteiger partial charge in [-0.2, -0.15) is 0 Å². The average molecular weight is 247 g/mol. The Morgan fingerprint density at radius 3 is 2.61 bits per heavy atom. The van der Waals surface area contributed by atoms with Crippen molar-refractivity contribution in [2.45, 2.75) is 58.8 Å². The molecule has 1 aromatic rings. The summed E-state index contributed by atoms with van der Waals surface area (Å²) < 4.78 is 0. The molecule has 1 N–H and O–H groups in total. The van der Waals surface area contributed by atoms with Gasteiger partial charge in [-0.3, -0.25) is 4.79 Å². The Labute approximate surface area is 111 Å². The lowest BCUT2D eigenvalue weighted by atomic mass is 10.1. The van der Waals surface area contributed by atoms with Gasteiger partial charge < -0.3 is 5.32 Å². The standard InChI is InChI=1S/C16H25NO/c1-3-5-6-7-8-12-16(18)17-15-11-9-10-14(4-2)13-15/h9-11,13H,3-8,12H2,1-2H3,(H,17,18). The van der Waals surface area contributed by atoms with E-state index in [0.717, 1.165) is 24.9 Å². The lowest BCUT2D eigenvalue weighted by Gasteiger charge is -2.06. The molecule has 2 heteroatoms. The Balaban J connectivity index is 2.26. The Bertz CT molecular complexity index is 360. The average Bonchev–Trinajstić information content (AvgIpc) is 2.38. The first kappa shape index (κ1) is 14.7. The van der Waals surface area contributed by atoms with Crippen LogP contribution in [-0.2, 0) is 11.2 Å². The third-order valence-corrected chi connectivity index (χ3v) is 3.13. The second-order valence-corrected chi connectivity index (χ2v) is 4.77. The number of benzene rings is 1. The highest BCUT2D eigenvalue weighted by Crippen LogP contribution is 2.12. The Kier molecular flexibility index (Phi) is 7.16. The molecule has 0 aliphatic rings. The number of aryl methyl sites for hydroxylation is 1. The summed E-state index contributed by atoms with van der Waals surface area (Å²) in [5.41, 5.74) is 2.18. The van der Waals surface area contributed by atoms with Crippen LogP contribution in [-0.4, -0.2) is 5.91 Å². The molecule has 2 nitrogen and oxygen atoms in total. The molecule has 0 radical (unpaired) electrons. The van der Waals surface area contributed by atoms with E-state index in [1.807, 2.05) is 12.1 Å². The van der Waals surface area contributed by atoms with Crippen LogP contribution in [0.1, 0.15) is 57.9 Å². The summed E-state index contributed by atoms with van der Waals surface area (Å²) in [7, 11) is 0. The number of nitrogens with one attached hydrogen (secondary N) is 1. The number of hydrogen-bond acceptors (Lipinski definition) is 1. The lowest BCUT2D eigenvalue weighted by Crippen LogP contribution is -2.11. The molecular weight excluding hydrogens is 222 g/mol. The van der Waals surface area contributed by atoms with E-state index in [1.54, 1.807) is 0 Å². The van der Waals surface area contributed by atoms with Crippen LogP contribution >= 0.6 is 0 Å². The predicted molar refractivity (Wildman–Crippen MR) is 77.8 cm³/mol. The molecule has 100 valence electrons. The zero-order valence-corrected chi connectivity index (χ0v) is 11.7. The maximum Gasteiger partial charge on any atom is 0.224 e. The highest BCUT2D eigenvalue weighted by Gasteiger charge is 2.02. The fraction of sp³-hybridized carbons (Fsp3) is 0.562. The molecule has 0 unspecified atom stereocenters. The number of rotatable bonds is 8. The molecule has 0 heterocycles. The second kappa shape index (κ2) is 8.73. The third-order valence-electron chi connectivity index (χ3n) is 3.13. The van der Waals surface area contributed by atoms with Crippen LogP contribution in [0.3, 0.4) is 0 Å². The fourth-order valence-electron chi connectivity index (χ4n) is 1.98. The van der Waals surface area contributed by atoms with Gasteiger partial charge in [0.1, 0.15) is 0 Å².